The molecule has 1 aliphatic heterocycles. The number of hydrogen-bond acceptors (Lipinski definition) is 4. The second-order valence-electron chi connectivity index (χ2n) is 5.51. The van der Waals surface area contributed by atoms with Crippen LogP contribution in [0.15, 0.2) is 24.3 Å². The third-order valence-electron chi connectivity index (χ3n) is 3.59. The highest BCUT2D eigenvalue weighted by Crippen LogP contribution is 2.15. The minimum Gasteiger partial charge on any atom is -0.342 e. The Morgan fingerprint density at radius 1 is 1.08 bits per heavy atom. The summed E-state index contributed by atoms with van der Waals surface area (Å²) in [4.78, 5) is 49.0. The van der Waals surface area contributed by atoms with Crippen LogP contribution in [0.25, 0.3) is 0 Å². The standard InChI is InChI=1S/C16H20N4O4/c1-12(22)17-13-3-2-4-14(9-13)18-15(23)10-16(24)20-7-5-19(11-21)6-8-20/h2-4,9,11H,5-8,10H2,1H3,(H,17,22)(H,18,23). The molecule has 1 aromatic rings. The van der Waals surface area contributed by atoms with Gasteiger partial charge in [-0.1, -0.05) is 6.07 Å². The molecule has 128 valence electrons. The van der Waals surface area contributed by atoms with Crippen molar-refractivity contribution in [1.29, 1.82) is 0 Å². The van der Waals surface area contributed by atoms with Gasteiger partial charge in [0.1, 0.15) is 6.42 Å². The lowest BCUT2D eigenvalue weighted by Gasteiger charge is -2.32. The van der Waals surface area contributed by atoms with Crippen molar-refractivity contribution in [3.05, 3.63) is 24.3 Å². The summed E-state index contributed by atoms with van der Waals surface area (Å²) in [7, 11) is 0. The summed E-state index contributed by atoms with van der Waals surface area (Å²) in [5.41, 5.74) is 1.07. The van der Waals surface area contributed by atoms with Gasteiger partial charge in [-0.05, 0) is 18.2 Å². The van der Waals surface area contributed by atoms with E-state index in [2.05, 4.69) is 10.6 Å². The van der Waals surface area contributed by atoms with Crippen LogP contribution in [0.2, 0.25) is 0 Å². The largest absolute Gasteiger partial charge is 0.342 e. The average molecular weight is 332 g/mol. The van der Waals surface area contributed by atoms with Crippen LogP contribution >= 0.6 is 0 Å². The van der Waals surface area contributed by atoms with Crippen LogP contribution in [0.3, 0.4) is 0 Å². The number of benzene rings is 1. The second-order valence-corrected chi connectivity index (χ2v) is 5.51. The van der Waals surface area contributed by atoms with E-state index in [4.69, 9.17) is 0 Å². The fraction of sp³-hybridized carbons (Fsp3) is 0.375. The average Bonchev–Trinajstić information content (AvgIpc) is 2.54. The van der Waals surface area contributed by atoms with Crippen molar-refractivity contribution in [3.63, 3.8) is 0 Å². The number of carbonyl (C=O) groups is 4. The number of rotatable bonds is 5. The van der Waals surface area contributed by atoms with Gasteiger partial charge in [0.25, 0.3) is 0 Å². The third-order valence-corrected chi connectivity index (χ3v) is 3.59. The van der Waals surface area contributed by atoms with E-state index in [0.29, 0.717) is 37.6 Å². The minimum atomic E-state index is -0.419. The van der Waals surface area contributed by atoms with Crippen molar-refractivity contribution in [1.82, 2.24) is 9.80 Å². The number of amides is 4. The predicted octanol–water partition coefficient (Wildman–Crippen LogP) is 0.274. The second kappa shape index (κ2) is 8.09. The van der Waals surface area contributed by atoms with Gasteiger partial charge in [0.15, 0.2) is 0 Å². The van der Waals surface area contributed by atoms with Crippen LogP contribution in [0, 0.1) is 0 Å². The first-order valence-electron chi connectivity index (χ1n) is 7.62. The Labute approximate surface area is 139 Å². The van der Waals surface area contributed by atoms with Crippen LogP contribution in [0.4, 0.5) is 11.4 Å². The molecule has 0 saturated carbocycles. The molecule has 1 saturated heterocycles. The SMILES string of the molecule is CC(=O)Nc1cccc(NC(=O)CC(=O)N2CCN(C=O)CC2)c1. The quantitative estimate of drug-likeness (QED) is 0.597. The zero-order valence-electron chi connectivity index (χ0n) is 13.4. The van der Waals surface area contributed by atoms with Crippen LogP contribution < -0.4 is 10.6 Å². The van der Waals surface area contributed by atoms with Crippen LogP contribution in [0.5, 0.6) is 0 Å². The van der Waals surface area contributed by atoms with Crippen LogP contribution in [-0.4, -0.2) is 60.1 Å². The lowest BCUT2D eigenvalue weighted by Crippen LogP contribution is -2.48. The summed E-state index contributed by atoms with van der Waals surface area (Å²) in [5.74, 6) is -0.892. The van der Waals surface area contributed by atoms with E-state index in [1.807, 2.05) is 0 Å². The maximum atomic E-state index is 12.1. The summed E-state index contributed by atoms with van der Waals surface area (Å²) in [5, 5.41) is 5.26. The van der Waals surface area contributed by atoms with E-state index in [9.17, 15) is 19.2 Å². The Balaban J connectivity index is 1.85. The molecule has 0 aromatic heterocycles. The third kappa shape index (κ3) is 5.08. The molecule has 24 heavy (non-hydrogen) atoms. The molecule has 1 fully saturated rings. The van der Waals surface area contributed by atoms with Gasteiger partial charge in [-0.15, -0.1) is 0 Å². The van der Waals surface area contributed by atoms with Gasteiger partial charge in [0, 0.05) is 44.5 Å². The normalized spacial score (nSPS) is 14.0. The highest BCUT2D eigenvalue weighted by molar-refractivity contribution is 6.04. The number of anilines is 2. The number of carbonyl (C=O) groups excluding carboxylic acids is 4. The minimum absolute atomic E-state index is 0.205. The van der Waals surface area contributed by atoms with Crippen molar-refractivity contribution < 1.29 is 19.2 Å². The van der Waals surface area contributed by atoms with Crippen molar-refractivity contribution in [2.24, 2.45) is 0 Å². The van der Waals surface area contributed by atoms with E-state index < -0.39 is 5.91 Å². The summed E-state index contributed by atoms with van der Waals surface area (Å²) >= 11 is 0. The highest BCUT2D eigenvalue weighted by Gasteiger charge is 2.22. The fourth-order valence-corrected chi connectivity index (χ4v) is 2.41. The maximum Gasteiger partial charge on any atom is 0.233 e. The van der Waals surface area contributed by atoms with Gasteiger partial charge in [-0.2, -0.15) is 0 Å². The Morgan fingerprint density at radius 3 is 2.29 bits per heavy atom. The van der Waals surface area contributed by atoms with Gasteiger partial charge < -0.3 is 20.4 Å². The summed E-state index contributed by atoms with van der Waals surface area (Å²) < 4.78 is 0. The van der Waals surface area contributed by atoms with E-state index >= 15 is 0 Å². The molecule has 0 spiro atoms. The lowest BCUT2D eigenvalue weighted by molar-refractivity contribution is -0.137. The molecule has 0 aliphatic carbocycles. The fourth-order valence-electron chi connectivity index (χ4n) is 2.41. The molecule has 0 unspecified atom stereocenters. The number of nitrogens with one attached hydrogen (secondary N) is 2. The molecule has 2 N–H and O–H groups in total. The van der Waals surface area contributed by atoms with Crippen molar-refractivity contribution in [2.45, 2.75) is 13.3 Å². The molecule has 0 radical (unpaired) electrons. The molecule has 0 bridgehead atoms. The molecule has 1 aromatic carbocycles. The number of piperazine rings is 1. The maximum absolute atomic E-state index is 12.1. The van der Waals surface area contributed by atoms with Crippen molar-refractivity contribution in [3.8, 4) is 0 Å². The molecular weight excluding hydrogens is 312 g/mol. The summed E-state index contributed by atoms with van der Waals surface area (Å²) in [6, 6.07) is 6.69. The smallest absolute Gasteiger partial charge is 0.233 e. The Hall–Kier alpha value is -2.90. The van der Waals surface area contributed by atoms with Gasteiger partial charge >= 0.3 is 0 Å². The first kappa shape index (κ1) is 17.5. The van der Waals surface area contributed by atoms with Crippen LogP contribution in [0.1, 0.15) is 13.3 Å². The molecule has 0 atom stereocenters. The lowest BCUT2D eigenvalue weighted by atomic mass is 10.2. The van der Waals surface area contributed by atoms with E-state index in [-0.39, 0.29) is 18.2 Å². The van der Waals surface area contributed by atoms with Crippen molar-refractivity contribution in [2.75, 3.05) is 36.8 Å². The van der Waals surface area contributed by atoms with E-state index in [1.54, 1.807) is 34.1 Å². The molecule has 4 amide bonds. The van der Waals surface area contributed by atoms with Gasteiger partial charge in [0.05, 0.1) is 0 Å². The monoisotopic (exact) mass is 332 g/mol. The zero-order valence-corrected chi connectivity index (χ0v) is 13.4. The highest BCUT2D eigenvalue weighted by atomic mass is 16.2. The van der Waals surface area contributed by atoms with Crippen LogP contribution in [-0.2, 0) is 19.2 Å². The van der Waals surface area contributed by atoms with E-state index in [0.717, 1.165) is 6.41 Å². The predicted molar refractivity (Wildman–Crippen MR) is 88.2 cm³/mol. The van der Waals surface area contributed by atoms with Gasteiger partial charge in [-0.3, -0.25) is 19.2 Å². The number of hydrogen-bond donors (Lipinski definition) is 2. The zero-order chi connectivity index (χ0) is 17.5. The van der Waals surface area contributed by atoms with Gasteiger partial charge in [-0.25, -0.2) is 0 Å². The Morgan fingerprint density at radius 2 is 1.71 bits per heavy atom. The molecule has 8 nitrogen and oxygen atoms in total. The molecule has 2 rings (SSSR count). The van der Waals surface area contributed by atoms with E-state index in [1.165, 1.54) is 6.92 Å². The Bertz CT molecular complexity index is 639. The summed E-state index contributed by atoms with van der Waals surface area (Å²) in [6.07, 6.45) is 0.502. The van der Waals surface area contributed by atoms with Crippen molar-refractivity contribution >= 4 is 35.5 Å². The topological polar surface area (TPSA) is 98.8 Å². The molecule has 1 heterocycles. The first-order chi connectivity index (χ1) is 11.5. The summed E-state index contributed by atoms with van der Waals surface area (Å²) in [6.45, 7) is 3.23. The Kier molecular flexibility index (Phi) is 5.89. The first-order valence-corrected chi connectivity index (χ1v) is 7.62. The number of nitrogens with zero attached hydrogens (tertiary/aromatic N) is 2. The molecular formula is C16H20N4O4. The molecule has 1 aliphatic rings. The van der Waals surface area contributed by atoms with Gasteiger partial charge in [0.2, 0.25) is 24.1 Å². The molecule has 8 heteroatoms.